The molecular formula is C13H9N3O. The summed E-state index contributed by atoms with van der Waals surface area (Å²) in [5.41, 5.74) is 1.68. The second-order valence-electron chi connectivity index (χ2n) is 3.68. The van der Waals surface area contributed by atoms with E-state index in [9.17, 15) is 5.11 Å². The normalized spacial score (nSPS) is 10.6. The third-order valence-corrected chi connectivity index (χ3v) is 2.48. The smallest absolute Gasteiger partial charge is 0.161 e. The number of hydrogen-bond donors (Lipinski definition) is 1. The molecule has 0 atom stereocenters. The van der Waals surface area contributed by atoms with Gasteiger partial charge in [0.2, 0.25) is 0 Å². The maximum Gasteiger partial charge on any atom is 0.161 e. The second kappa shape index (κ2) is 3.83. The number of pyridine rings is 1. The van der Waals surface area contributed by atoms with E-state index in [1.165, 1.54) is 0 Å². The van der Waals surface area contributed by atoms with Crippen LogP contribution in [-0.2, 0) is 0 Å². The molecule has 17 heavy (non-hydrogen) atoms. The third kappa shape index (κ3) is 1.80. The zero-order valence-corrected chi connectivity index (χ0v) is 8.91. The largest absolute Gasteiger partial charge is 0.508 e. The molecule has 0 aliphatic rings. The number of phenols is 1. The fourth-order valence-corrected chi connectivity index (χ4v) is 1.65. The summed E-state index contributed by atoms with van der Waals surface area (Å²) in [5, 5.41) is 10.2. The van der Waals surface area contributed by atoms with E-state index in [1.807, 2.05) is 12.1 Å². The second-order valence-corrected chi connectivity index (χ2v) is 3.68. The number of hydrogen-bond acceptors (Lipinski definition) is 4. The number of phenolic OH excluding ortho intramolecular Hbond substituents is 1. The maximum atomic E-state index is 9.35. The van der Waals surface area contributed by atoms with E-state index < -0.39 is 0 Å². The van der Waals surface area contributed by atoms with E-state index in [0.717, 1.165) is 16.5 Å². The number of fused-ring (bicyclic) bond motifs is 1. The lowest BCUT2D eigenvalue weighted by Gasteiger charge is -2.02. The van der Waals surface area contributed by atoms with Crippen LogP contribution in [0.25, 0.3) is 22.3 Å². The Balaban J connectivity index is 2.17. The van der Waals surface area contributed by atoms with Gasteiger partial charge < -0.3 is 5.11 Å². The molecule has 82 valence electrons. The Morgan fingerprint density at radius 3 is 2.82 bits per heavy atom. The van der Waals surface area contributed by atoms with Crippen molar-refractivity contribution in [2.45, 2.75) is 0 Å². The predicted molar refractivity (Wildman–Crippen MR) is 64.4 cm³/mol. The van der Waals surface area contributed by atoms with Crippen LogP contribution in [0.1, 0.15) is 0 Å². The molecule has 1 aromatic carbocycles. The van der Waals surface area contributed by atoms with Crippen molar-refractivity contribution in [3.63, 3.8) is 0 Å². The zero-order chi connectivity index (χ0) is 11.7. The first kappa shape index (κ1) is 9.72. The van der Waals surface area contributed by atoms with Crippen LogP contribution >= 0.6 is 0 Å². The summed E-state index contributed by atoms with van der Waals surface area (Å²) >= 11 is 0. The fraction of sp³-hybridized carbons (Fsp3) is 0. The molecule has 0 aliphatic heterocycles. The highest BCUT2D eigenvalue weighted by Gasteiger charge is 2.03. The van der Waals surface area contributed by atoms with Crippen molar-refractivity contribution in [1.29, 1.82) is 0 Å². The van der Waals surface area contributed by atoms with E-state index in [-0.39, 0.29) is 5.75 Å². The van der Waals surface area contributed by atoms with Gasteiger partial charge in [0.05, 0.1) is 5.52 Å². The van der Waals surface area contributed by atoms with Gasteiger partial charge in [-0.05, 0) is 30.3 Å². The summed E-state index contributed by atoms with van der Waals surface area (Å²) in [7, 11) is 0. The molecule has 0 saturated heterocycles. The molecule has 2 aromatic heterocycles. The van der Waals surface area contributed by atoms with Crippen LogP contribution in [0.2, 0.25) is 0 Å². The molecule has 0 radical (unpaired) electrons. The average molecular weight is 223 g/mol. The quantitative estimate of drug-likeness (QED) is 0.688. The van der Waals surface area contributed by atoms with Crippen molar-refractivity contribution >= 4 is 10.9 Å². The topological polar surface area (TPSA) is 58.9 Å². The molecule has 0 amide bonds. The minimum absolute atomic E-state index is 0.218. The number of nitrogens with zero attached hydrogens (tertiary/aromatic N) is 3. The van der Waals surface area contributed by atoms with Gasteiger partial charge in [-0.2, -0.15) is 0 Å². The Labute approximate surface area is 97.6 Å². The van der Waals surface area contributed by atoms with E-state index in [1.54, 1.807) is 36.8 Å². The van der Waals surface area contributed by atoms with Gasteiger partial charge in [-0.3, -0.25) is 4.98 Å². The lowest BCUT2D eigenvalue weighted by molar-refractivity contribution is 0.476. The van der Waals surface area contributed by atoms with Crippen molar-refractivity contribution in [3.8, 4) is 17.1 Å². The van der Waals surface area contributed by atoms with Gasteiger partial charge in [0.1, 0.15) is 5.75 Å². The van der Waals surface area contributed by atoms with Gasteiger partial charge in [0.15, 0.2) is 5.82 Å². The monoisotopic (exact) mass is 223 g/mol. The van der Waals surface area contributed by atoms with Gasteiger partial charge in [0, 0.05) is 29.5 Å². The van der Waals surface area contributed by atoms with Crippen molar-refractivity contribution in [2.24, 2.45) is 0 Å². The lowest BCUT2D eigenvalue weighted by Crippen LogP contribution is -1.90. The van der Waals surface area contributed by atoms with Crippen LogP contribution in [0.3, 0.4) is 0 Å². The van der Waals surface area contributed by atoms with Gasteiger partial charge >= 0.3 is 0 Å². The third-order valence-electron chi connectivity index (χ3n) is 2.48. The highest BCUT2D eigenvalue weighted by atomic mass is 16.3. The van der Waals surface area contributed by atoms with E-state index >= 15 is 0 Å². The molecule has 0 fully saturated rings. The Morgan fingerprint density at radius 1 is 1.06 bits per heavy atom. The van der Waals surface area contributed by atoms with Crippen LogP contribution in [0.15, 0.2) is 48.9 Å². The van der Waals surface area contributed by atoms with Gasteiger partial charge in [-0.25, -0.2) is 9.97 Å². The highest BCUT2D eigenvalue weighted by Crippen LogP contribution is 2.20. The minimum Gasteiger partial charge on any atom is -0.508 e. The molecule has 0 saturated carbocycles. The lowest BCUT2D eigenvalue weighted by atomic mass is 10.2. The van der Waals surface area contributed by atoms with E-state index in [0.29, 0.717) is 5.82 Å². The molecule has 0 unspecified atom stereocenters. The summed E-state index contributed by atoms with van der Waals surface area (Å²) in [6.07, 6.45) is 5.13. The molecule has 3 aromatic rings. The van der Waals surface area contributed by atoms with Gasteiger partial charge in [-0.1, -0.05) is 0 Å². The van der Waals surface area contributed by atoms with Crippen LogP contribution in [0, 0.1) is 0 Å². The Kier molecular flexibility index (Phi) is 2.19. The summed E-state index contributed by atoms with van der Waals surface area (Å²) < 4.78 is 0. The molecule has 4 nitrogen and oxygen atoms in total. The SMILES string of the molecule is Oc1ccc2nc(-c3cccnc3)ncc2c1. The number of aromatic nitrogens is 3. The first-order valence-corrected chi connectivity index (χ1v) is 5.19. The Bertz CT molecular complexity index is 668. The van der Waals surface area contributed by atoms with Crippen LogP contribution in [0.5, 0.6) is 5.75 Å². The molecule has 0 aliphatic carbocycles. The molecule has 1 N–H and O–H groups in total. The predicted octanol–water partition coefficient (Wildman–Crippen LogP) is 2.40. The number of aromatic hydroxyl groups is 1. The van der Waals surface area contributed by atoms with Gasteiger partial charge in [-0.15, -0.1) is 0 Å². The average Bonchev–Trinajstić information content (AvgIpc) is 2.39. The summed E-state index contributed by atoms with van der Waals surface area (Å²) in [6, 6.07) is 8.78. The maximum absolute atomic E-state index is 9.35. The zero-order valence-electron chi connectivity index (χ0n) is 8.91. The summed E-state index contributed by atoms with van der Waals surface area (Å²) in [4.78, 5) is 12.7. The Morgan fingerprint density at radius 2 is 2.00 bits per heavy atom. The van der Waals surface area contributed by atoms with Crippen molar-refractivity contribution in [1.82, 2.24) is 15.0 Å². The molecule has 2 heterocycles. The molecule has 4 heteroatoms. The molecule has 0 spiro atoms. The van der Waals surface area contributed by atoms with E-state index in [2.05, 4.69) is 15.0 Å². The fourth-order valence-electron chi connectivity index (χ4n) is 1.65. The number of rotatable bonds is 1. The van der Waals surface area contributed by atoms with Crippen LogP contribution in [0.4, 0.5) is 0 Å². The van der Waals surface area contributed by atoms with Crippen molar-refractivity contribution in [2.75, 3.05) is 0 Å². The summed E-state index contributed by atoms with van der Waals surface area (Å²) in [6.45, 7) is 0. The molecule has 3 rings (SSSR count). The first-order valence-electron chi connectivity index (χ1n) is 5.19. The summed E-state index contributed by atoms with van der Waals surface area (Å²) in [5.74, 6) is 0.853. The molecule has 0 bridgehead atoms. The minimum atomic E-state index is 0.218. The van der Waals surface area contributed by atoms with Crippen LogP contribution < -0.4 is 0 Å². The molecular weight excluding hydrogens is 214 g/mol. The highest BCUT2D eigenvalue weighted by molar-refractivity contribution is 5.80. The van der Waals surface area contributed by atoms with Gasteiger partial charge in [0.25, 0.3) is 0 Å². The van der Waals surface area contributed by atoms with Crippen molar-refractivity contribution in [3.05, 3.63) is 48.9 Å². The standard InChI is InChI=1S/C13H9N3O/c17-11-3-4-12-10(6-11)8-15-13(16-12)9-2-1-5-14-7-9/h1-8,17H. The Hall–Kier alpha value is -2.49. The van der Waals surface area contributed by atoms with Crippen LogP contribution in [-0.4, -0.2) is 20.1 Å². The van der Waals surface area contributed by atoms with E-state index in [4.69, 9.17) is 0 Å². The first-order chi connectivity index (χ1) is 8.33. The van der Waals surface area contributed by atoms with Crippen molar-refractivity contribution < 1.29 is 5.11 Å². The number of benzene rings is 1.